The lowest BCUT2D eigenvalue weighted by molar-refractivity contribution is -0.125. The van der Waals surface area contributed by atoms with E-state index in [2.05, 4.69) is 25.0 Å². The van der Waals surface area contributed by atoms with E-state index in [0.717, 1.165) is 28.8 Å². The minimum Gasteiger partial charge on any atom is -0.427 e. The van der Waals surface area contributed by atoms with Crippen molar-refractivity contribution >= 4 is 24.6 Å². The Balaban J connectivity index is 2.48. The third kappa shape index (κ3) is 2.43. The average molecular weight is 258 g/mol. The van der Waals surface area contributed by atoms with Gasteiger partial charge in [0, 0.05) is 6.92 Å². The first-order valence-corrected chi connectivity index (χ1v) is 6.74. The maximum atomic E-state index is 11.4. The number of nitrogens with zero attached hydrogens (tertiary/aromatic N) is 2. The molecule has 0 saturated heterocycles. The minimum atomic E-state index is -0.980. The highest BCUT2D eigenvalue weighted by Crippen LogP contribution is 2.26. The predicted molar refractivity (Wildman–Crippen MR) is 77.5 cm³/mol. The lowest BCUT2D eigenvalue weighted by Gasteiger charge is -2.26. The average Bonchev–Trinajstić information content (AvgIpc) is 2.40. The highest BCUT2D eigenvalue weighted by molar-refractivity contribution is 6.67. The molecule has 1 N–H and O–H groups in total. The lowest BCUT2D eigenvalue weighted by atomic mass is 9.67. The number of benzene rings is 1. The van der Waals surface area contributed by atoms with Crippen molar-refractivity contribution in [2.24, 2.45) is 5.10 Å². The SMILES string of the molecule is CCC(CC)c1cccc2c1C=NN(C(C)=O)B2O. The van der Waals surface area contributed by atoms with E-state index in [1.807, 2.05) is 12.1 Å². The van der Waals surface area contributed by atoms with E-state index in [-0.39, 0.29) is 5.91 Å². The molecule has 1 aliphatic rings. The third-order valence-electron chi connectivity index (χ3n) is 3.74. The summed E-state index contributed by atoms with van der Waals surface area (Å²) >= 11 is 0. The van der Waals surface area contributed by atoms with Crippen LogP contribution in [0.25, 0.3) is 0 Å². The summed E-state index contributed by atoms with van der Waals surface area (Å²) in [5, 5.41) is 14.3. The summed E-state index contributed by atoms with van der Waals surface area (Å²) in [5.41, 5.74) is 2.92. The fraction of sp³-hybridized carbons (Fsp3) is 0.429. The highest BCUT2D eigenvalue weighted by atomic mass is 16.2. The summed E-state index contributed by atoms with van der Waals surface area (Å²) in [6.45, 7) is 5.72. The van der Waals surface area contributed by atoms with Crippen LogP contribution in [0.4, 0.5) is 0 Å². The van der Waals surface area contributed by atoms with Crippen molar-refractivity contribution in [1.82, 2.24) is 4.92 Å². The van der Waals surface area contributed by atoms with Gasteiger partial charge in [0.15, 0.2) is 0 Å². The van der Waals surface area contributed by atoms with Gasteiger partial charge < -0.3 is 5.02 Å². The predicted octanol–water partition coefficient (Wildman–Crippen LogP) is 1.47. The van der Waals surface area contributed by atoms with Crippen molar-refractivity contribution in [3.8, 4) is 0 Å². The number of hydrogen-bond acceptors (Lipinski definition) is 3. The first kappa shape index (κ1) is 13.8. The normalized spacial score (nSPS) is 13.9. The molecular weight excluding hydrogens is 239 g/mol. The molecule has 100 valence electrons. The molecule has 19 heavy (non-hydrogen) atoms. The molecule has 1 amide bonds. The zero-order chi connectivity index (χ0) is 14.0. The maximum Gasteiger partial charge on any atom is 0.474 e. The first-order chi connectivity index (χ1) is 9.10. The third-order valence-corrected chi connectivity index (χ3v) is 3.74. The standard InChI is InChI=1S/C14H19BN2O2/c1-4-11(5-2)12-7-6-8-14-13(12)9-16-17(10(3)18)15(14)19/h6-9,11,19H,4-5H2,1-3H3. The van der Waals surface area contributed by atoms with Gasteiger partial charge >= 0.3 is 7.05 Å². The van der Waals surface area contributed by atoms with Crippen LogP contribution in [-0.2, 0) is 4.79 Å². The van der Waals surface area contributed by atoms with Gasteiger partial charge in [0.05, 0.1) is 6.21 Å². The number of carbonyl (C=O) groups excluding carboxylic acids is 1. The zero-order valence-electron chi connectivity index (χ0n) is 11.6. The molecule has 5 heteroatoms. The summed E-state index contributed by atoms with van der Waals surface area (Å²) in [6, 6.07) is 5.87. The number of rotatable bonds is 3. The van der Waals surface area contributed by atoms with Gasteiger partial charge in [-0.2, -0.15) is 5.10 Å². The quantitative estimate of drug-likeness (QED) is 0.835. The number of hydrazone groups is 1. The van der Waals surface area contributed by atoms with Crippen LogP contribution in [0.15, 0.2) is 23.3 Å². The van der Waals surface area contributed by atoms with Crippen molar-refractivity contribution in [3.63, 3.8) is 0 Å². The summed E-state index contributed by atoms with van der Waals surface area (Å²) in [5.74, 6) is 0.194. The smallest absolute Gasteiger partial charge is 0.427 e. The molecule has 1 aliphatic heterocycles. The Kier molecular flexibility index (Phi) is 4.05. The van der Waals surface area contributed by atoms with Crippen LogP contribution in [0.2, 0.25) is 0 Å². The van der Waals surface area contributed by atoms with Gasteiger partial charge in [0.1, 0.15) is 0 Å². The van der Waals surface area contributed by atoms with Gasteiger partial charge in [-0.05, 0) is 35.3 Å². The number of carbonyl (C=O) groups is 1. The maximum absolute atomic E-state index is 11.4. The molecule has 0 aliphatic carbocycles. The topological polar surface area (TPSA) is 52.9 Å². The van der Waals surface area contributed by atoms with Gasteiger partial charge in [-0.25, -0.2) is 4.92 Å². The highest BCUT2D eigenvalue weighted by Gasteiger charge is 2.33. The Morgan fingerprint density at radius 3 is 2.68 bits per heavy atom. The first-order valence-electron chi connectivity index (χ1n) is 6.74. The second-order valence-corrected chi connectivity index (χ2v) is 4.85. The Hall–Kier alpha value is -1.62. The summed E-state index contributed by atoms with van der Waals surface area (Å²) in [4.78, 5) is 12.5. The van der Waals surface area contributed by atoms with Crippen LogP contribution >= 0.6 is 0 Å². The fourth-order valence-electron chi connectivity index (χ4n) is 2.63. The molecule has 4 nitrogen and oxygen atoms in total. The molecule has 0 spiro atoms. The van der Waals surface area contributed by atoms with Crippen molar-refractivity contribution < 1.29 is 9.82 Å². The largest absolute Gasteiger partial charge is 0.474 e. The molecular formula is C14H19BN2O2. The summed E-state index contributed by atoms with van der Waals surface area (Å²) in [6.07, 6.45) is 3.79. The Bertz CT molecular complexity index is 512. The molecule has 1 heterocycles. The Labute approximate surface area is 114 Å². The van der Waals surface area contributed by atoms with E-state index < -0.39 is 7.05 Å². The number of fused-ring (bicyclic) bond motifs is 1. The van der Waals surface area contributed by atoms with E-state index in [9.17, 15) is 9.82 Å². The second-order valence-electron chi connectivity index (χ2n) is 4.85. The molecule has 1 aromatic rings. The van der Waals surface area contributed by atoms with Crippen molar-refractivity contribution in [2.75, 3.05) is 0 Å². The van der Waals surface area contributed by atoms with Crippen LogP contribution in [-0.4, -0.2) is 29.1 Å². The molecule has 0 unspecified atom stereocenters. The van der Waals surface area contributed by atoms with E-state index in [0.29, 0.717) is 5.92 Å². The fourth-order valence-corrected chi connectivity index (χ4v) is 2.63. The van der Waals surface area contributed by atoms with Crippen LogP contribution in [0.1, 0.15) is 50.7 Å². The summed E-state index contributed by atoms with van der Waals surface area (Å²) in [7, 11) is -0.980. The van der Waals surface area contributed by atoms with Gasteiger partial charge in [-0.3, -0.25) is 4.79 Å². The van der Waals surface area contributed by atoms with Crippen LogP contribution in [0.5, 0.6) is 0 Å². The Morgan fingerprint density at radius 1 is 1.42 bits per heavy atom. The van der Waals surface area contributed by atoms with Gasteiger partial charge in [0.2, 0.25) is 5.91 Å². The van der Waals surface area contributed by atoms with E-state index >= 15 is 0 Å². The molecule has 0 aromatic heterocycles. The van der Waals surface area contributed by atoms with Crippen molar-refractivity contribution in [2.45, 2.75) is 39.5 Å². The minimum absolute atomic E-state index is 0.262. The van der Waals surface area contributed by atoms with E-state index in [1.54, 1.807) is 6.21 Å². The van der Waals surface area contributed by atoms with Crippen molar-refractivity contribution in [1.29, 1.82) is 0 Å². The van der Waals surface area contributed by atoms with Crippen LogP contribution < -0.4 is 5.46 Å². The molecule has 2 rings (SSSR count). The molecule has 0 radical (unpaired) electrons. The Morgan fingerprint density at radius 2 is 2.11 bits per heavy atom. The van der Waals surface area contributed by atoms with Crippen LogP contribution in [0.3, 0.4) is 0 Å². The number of amides is 1. The van der Waals surface area contributed by atoms with Gasteiger partial charge in [-0.1, -0.05) is 32.0 Å². The van der Waals surface area contributed by atoms with E-state index in [1.165, 1.54) is 12.5 Å². The molecule has 0 atom stereocenters. The zero-order valence-corrected chi connectivity index (χ0v) is 11.6. The lowest BCUT2D eigenvalue weighted by Crippen LogP contribution is -2.52. The monoisotopic (exact) mass is 258 g/mol. The van der Waals surface area contributed by atoms with Crippen LogP contribution in [0, 0.1) is 0 Å². The van der Waals surface area contributed by atoms with E-state index in [4.69, 9.17) is 0 Å². The summed E-state index contributed by atoms with van der Waals surface area (Å²) < 4.78 is 0. The second kappa shape index (κ2) is 5.57. The molecule has 1 aromatic carbocycles. The molecule has 0 bridgehead atoms. The van der Waals surface area contributed by atoms with Gasteiger partial charge in [-0.15, -0.1) is 0 Å². The molecule has 0 saturated carbocycles. The van der Waals surface area contributed by atoms with Crippen molar-refractivity contribution in [3.05, 3.63) is 29.3 Å². The number of hydrogen-bond donors (Lipinski definition) is 1. The van der Waals surface area contributed by atoms with Gasteiger partial charge in [0.25, 0.3) is 0 Å². The molecule has 0 fully saturated rings.